The summed E-state index contributed by atoms with van der Waals surface area (Å²) in [5.41, 5.74) is 1.93. The van der Waals surface area contributed by atoms with Crippen molar-refractivity contribution in [3.05, 3.63) is 47.4 Å². The Kier molecular flexibility index (Phi) is 4.32. The van der Waals surface area contributed by atoms with E-state index >= 15 is 0 Å². The normalized spacial score (nSPS) is 15.7. The number of fused-ring (bicyclic) bond motifs is 1. The van der Waals surface area contributed by atoms with Gasteiger partial charge in [-0.25, -0.2) is 14.6 Å². The standard InChI is InChI=1S/C17H19ClN6/c18-15-4-2-1-3-12(15)9-20-16-14-10-23-24(17(14)22-11-21-16)13-5-7-19-8-6-13/h1-4,10-11,13,19H,5-9H2,(H,20,21,22). The van der Waals surface area contributed by atoms with Crippen LogP contribution in [0.15, 0.2) is 36.8 Å². The van der Waals surface area contributed by atoms with Gasteiger partial charge in [0.1, 0.15) is 12.1 Å². The zero-order valence-corrected chi connectivity index (χ0v) is 14.0. The molecule has 1 aromatic carbocycles. The van der Waals surface area contributed by atoms with Crippen LogP contribution in [0.4, 0.5) is 5.82 Å². The number of piperidine rings is 1. The number of rotatable bonds is 4. The molecule has 124 valence electrons. The lowest BCUT2D eigenvalue weighted by Crippen LogP contribution is -2.29. The lowest BCUT2D eigenvalue weighted by molar-refractivity contribution is 0.349. The first-order valence-electron chi connectivity index (χ1n) is 8.19. The van der Waals surface area contributed by atoms with E-state index in [1.165, 1.54) is 0 Å². The van der Waals surface area contributed by atoms with Crippen LogP contribution < -0.4 is 10.6 Å². The molecule has 1 fully saturated rings. The van der Waals surface area contributed by atoms with Gasteiger partial charge in [0.05, 0.1) is 17.6 Å². The Hall–Kier alpha value is -2.18. The van der Waals surface area contributed by atoms with Crippen LogP contribution in [0, 0.1) is 0 Å². The highest BCUT2D eigenvalue weighted by Crippen LogP contribution is 2.26. The molecule has 0 spiro atoms. The van der Waals surface area contributed by atoms with Crippen LogP contribution in [0.25, 0.3) is 11.0 Å². The second-order valence-corrected chi connectivity index (χ2v) is 6.38. The summed E-state index contributed by atoms with van der Waals surface area (Å²) < 4.78 is 2.04. The molecule has 3 aromatic rings. The van der Waals surface area contributed by atoms with Crippen LogP contribution in [0.3, 0.4) is 0 Å². The summed E-state index contributed by atoms with van der Waals surface area (Å²) in [6.07, 6.45) is 5.59. The molecule has 0 aliphatic carbocycles. The van der Waals surface area contributed by atoms with Crippen molar-refractivity contribution in [2.75, 3.05) is 18.4 Å². The third-order valence-corrected chi connectivity index (χ3v) is 4.82. The van der Waals surface area contributed by atoms with Crippen molar-refractivity contribution < 1.29 is 0 Å². The number of anilines is 1. The van der Waals surface area contributed by atoms with E-state index < -0.39 is 0 Å². The average Bonchev–Trinajstić information content (AvgIpc) is 3.06. The number of halogens is 1. The van der Waals surface area contributed by atoms with Gasteiger partial charge in [-0.05, 0) is 37.6 Å². The molecule has 1 aliphatic rings. The Labute approximate surface area is 145 Å². The summed E-state index contributed by atoms with van der Waals surface area (Å²) in [4.78, 5) is 8.83. The van der Waals surface area contributed by atoms with Crippen LogP contribution >= 0.6 is 11.6 Å². The largest absolute Gasteiger partial charge is 0.365 e. The first-order valence-corrected chi connectivity index (χ1v) is 8.57. The molecule has 0 atom stereocenters. The fourth-order valence-electron chi connectivity index (χ4n) is 3.14. The van der Waals surface area contributed by atoms with Crippen LogP contribution in [-0.4, -0.2) is 32.8 Å². The minimum Gasteiger partial charge on any atom is -0.365 e. The molecule has 2 N–H and O–H groups in total. The number of nitrogens with one attached hydrogen (secondary N) is 2. The van der Waals surface area contributed by atoms with Crippen LogP contribution in [0.5, 0.6) is 0 Å². The Morgan fingerprint density at radius 1 is 1.21 bits per heavy atom. The summed E-state index contributed by atoms with van der Waals surface area (Å²) >= 11 is 6.22. The van der Waals surface area contributed by atoms with Crippen molar-refractivity contribution in [1.29, 1.82) is 0 Å². The van der Waals surface area contributed by atoms with Crippen molar-refractivity contribution in [3.63, 3.8) is 0 Å². The van der Waals surface area contributed by atoms with Gasteiger partial charge >= 0.3 is 0 Å². The van der Waals surface area contributed by atoms with Crippen LogP contribution in [-0.2, 0) is 6.54 Å². The minimum atomic E-state index is 0.398. The number of hydrogen-bond acceptors (Lipinski definition) is 5. The second kappa shape index (κ2) is 6.75. The van der Waals surface area contributed by atoms with Gasteiger partial charge in [0.2, 0.25) is 0 Å². The van der Waals surface area contributed by atoms with E-state index in [2.05, 4.69) is 25.7 Å². The average molecular weight is 343 g/mol. The molecule has 24 heavy (non-hydrogen) atoms. The molecular weight excluding hydrogens is 324 g/mol. The van der Waals surface area contributed by atoms with Crippen LogP contribution in [0.1, 0.15) is 24.4 Å². The van der Waals surface area contributed by atoms with Gasteiger partial charge in [-0.3, -0.25) is 0 Å². The van der Waals surface area contributed by atoms with E-state index in [9.17, 15) is 0 Å². The Balaban J connectivity index is 1.60. The van der Waals surface area contributed by atoms with Gasteiger partial charge in [-0.15, -0.1) is 0 Å². The molecule has 3 heterocycles. The zero-order chi connectivity index (χ0) is 16.4. The third kappa shape index (κ3) is 2.95. The van der Waals surface area contributed by atoms with Gasteiger partial charge in [0, 0.05) is 11.6 Å². The summed E-state index contributed by atoms with van der Waals surface area (Å²) in [7, 11) is 0. The number of nitrogens with zero attached hydrogens (tertiary/aromatic N) is 4. The van der Waals surface area contributed by atoms with E-state index in [1.54, 1.807) is 6.33 Å². The Bertz CT molecular complexity index is 840. The molecule has 6 nitrogen and oxygen atoms in total. The molecule has 0 unspecified atom stereocenters. The molecule has 4 rings (SSSR count). The maximum Gasteiger partial charge on any atom is 0.163 e. The van der Waals surface area contributed by atoms with Crippen molar-refractivity contribution in [2.24, 2.45) is 0 Å². The first kappa shape index (κ1) is 15.4. The van der Waals surface area contributed by atoms with Crippen molar-refractivity contribution in [1.82, 2.24) is 25.1 Å². The molecule has 1 aliphatic heterocycles. The number of hydrogen-bond donors (Lipinski definition) is 2. The number of benzene rings is 1. The minimum absolute atomic E-state index is 0.398. The highest BCUT2D eigenvalue weighted by molar-refractivity contribution is 6.31. The SMILES string of the molecule is Clc1ccccc1CNc1ncnc2c1cnn2C1CCNCC1. The summed E-state index contributed by atoms with van der Waals surface area (Å²) in [5.74, 6) is 0.792. The zero-order valence-electron chi connectivity index (χ0n) is 13.2. The highest BCUT2D eigenvalue weighted by atomic mass is 35.5. The highest BCUT2D eigenvalue weighted by Gasteiger charge is 2.19. The molecule has 7 heteroatoms. The monoisotopic (exact) mass is 342 g/mol. The third-order valence-electron chi connectivity index (χ3n) is 4.45. The summed E-state index contributed by atoms with van der Waals surface area (Å²) in [6.45, 7) is 2.66. The predicted octanol–water partition coefficient (Wildman–Crippen LogP) is 3.02. The van der Waals surface area contributed by atoms with E-state index in [1.807, 2.05) is 35.1 Å². The lowest BCUT2D eigenvalue weighted by Gasteiger charge is -2.23. The van der Waals surface area contributed by atoms with Crippen LogP contribution in [0.2, 0.25) is 5.02 Å². The second-order valence-electron chi connectivity index (χ2n) is 5.97. The molecule has 0 radical (unpaired) electrons. The van der Waals surface area contributed by atoms with Gasteiger partial charge < -0.3 is 10.6 Å². The Morgan fingerprint density at radius 3 is 2.88 bits per heavy atom. The van der Waals surface area contributed by atoms with Gasteiger partial charge in [0.15, 0.2) is 5.65 Å². The smallest absolute Gasteiger partial charge is 0.163 e. The summed E-state index contributed by atoms with van der Waals surface area (Å²) in [6, 6.07) is 8.20. The topological polar surface area (TPSA) is 67.7 Å². The van der Waals surface area contributed by atoms with E-state index in [-0.39, 0.29) is 0 Å². The number of aromatic nitrogens is 4. The van der Waals surface area contributed by atoms with Gasteiger partial charge in [-0.2, -0.15) is 5.10 Å². The van der Waals surface area contributed by atoms with E-state index in [0.717, 1.165) is 53.4 Å². The molecule has 2 aromatic heterocycles. The molecule has 0 saturated carbocycles. The lowest BCUT2D eigenvalue weighted by atomic mass is 10.1. The fraction of sp³-hybridized carbons (Fsp3) is 0.353. The van der Waals surface area contributed by atoms with Crippen molar-refractivity contribution in [2.45, 2.75) is 25.4 Å². The quantitative estimate of drug-likeness (QED) is 0.763. The van der Waals surface area contributed by atoms with Crippen molar-refractivity contribution >= 4 is 28.5 Å². The fourth-order valence-corrected chi connectivity index (χ4v) is 3.34. The maximum absolute atomic E-state index is 6.22. The maximum atomic E-state index is 6.22. The Morgan fingerprint density at radius 2 is 2.04 bits per heavy atom. The van der Waals surface area contributed by atoms with Gasteiger partial charge in [0.25, 0.3) is 0 Å². The molecular formula is C17H19ClN6. The van der Waals surface area contributed by atoms with E-state index in [0.29, 0.717) is 12.6 Å². The summed E-state index contributed by atoms with van der Waals surface area (Å²) in [5, 5.41) is 13.0. The van der Waals surface area contributed by atoms with E-state index in [4.69, 9.17) is 11.6 Å². The molecule has 1 saturated heterocycles. The van der Waals surface area contributed by atoms with Gasteiger partial charge in [-0.1, -0.05) is 29.8 Å². The predicted molar refractivity (Wildman–Crippen MR) is 95.2 cm³/mol. The molecule has 0 amide bonds. The first-order chi connectivity index (χ1) is 11.8. The molecule has 0 bridgehead atoms. The van der Waals surface area contributed by atoms with Crippen molar-refractivity contribution in [3.8, 4) is 0 Å².